The third-order valence-corrected chi connectivity index (χ3v) is 2.24. The number of piperidine rings is 1. The fourth-order valence-electron chi connectivity index (χ4n) is 1.51. The first-order valence-corrected chi connectivity index (χ1v) is 4.94. The van der Waals surface area contributed by atoms with E-state index in [0.717, 1.165) is 32.4 Å². The highest BCUT2D eigenvalue weighted by atomic mass is 16.1. The van der Waals surface area contributed by atoms with E-state index in [0.29, 0.717) is 12.5 Å². The number of nitrogens with one attached hydrogen (secondary N) is 2. The summed E-state index contributed by atoms with van der Waals surface area (Å²) >= 11 is 0. The van der Waals surface area contributed by atoms with Gasteiger partial charge in [0, 0.05) is 19.0 Å². The molecule has 0 aromatic rings. The predicted octanol–water partition coefficient (Wildman–Crippen LogP) is 0.821. The number of amides is 1. The Balaban J connectivity index is 2.14. The number of carbonyl (C=O) groups excluding carboxylic acids is 1. The molecule has 0 aromatic carbocycles. The van der Waals surface area contributed by atoms with Crippen LogP contribution >= 0.6 is 0 Å². The highest BCUT2D eigenvalue weighted by molar-refractivity contribution is 5.76. The molecule has 1 atom stereocenters. The minimum atomic E-state index is 0.147. The number of allylic oxidation sites excluding steroid dienone is 1. The lowest BCUT2D eigenvalue weighted by molar-refractivity contribution is -0.121. The van der Waals surface area contributed by atoms with Gasteiger partial charge in [-0.2, -0.15) is 0 Å². The molecule has 1 heterocycles. The molecule has 0 bridgehead atoms. The molecule has 13 heavy (non-hydrogen) atoms. The van der Waals surface area contributed by atoms with Crippen LogP contribution < -0.4 is 10.6 Å². The van der Waals surface area contributed by atoms with Crippen LogP contribution in [0.25, 0.3) is 0 Å². The molecule has 1 fully saturated rings. The van der Waals surface area contributed by atoms with Crippen LogP contribution in [0.5, 0.6) is 0 Å². The molecule has 1 amide bonds. The van der Waals surface area contributed by atoms with E-state index in [1.807, 2.05) is 0 Å². The average Bonchev–Trinajstić information content (AvgIpc) is 2.16. The Morgan fingerprint density at radius 2 is 2.54 bits per heavy atom. The largest absolute Gasteiger partial charge is 0.352 e. The van der Waals surface area contributed by atoms with E-state index in [1.54, 1.807) is 6.08 Å². The van der Waals surface area contributed by atoms with Crippen LogP contribution in [0.4, 0.5) is 0 Å². The molecule has 1 saturated heterocycles. The Morgan fingerprint density at radius 3 is 3.15 bits per heavy atom. The highest BCUT2D eigenvalue weighted by Crippen LogP contribution is 2.01. The smallest absolute Gasteiger partial charge is 0.220 e. The Hall–Kier alpha value is -0.830. The van der Waals surface area contributed by atoms with Crippen molar-refractivity contribution in [2.24, 2.45) is 0 Å². The van der Waals surface area contributed by atoms with Crippen molar-refractivity contribution in [1.82, 2.24) is 10.6 Å². The van der Waals surface area contributed by atoms with E-state index in [-0.39, 0.29) is 5.91 Å². The van der Waals surface area contributed by atoms with E-state index in [4.69, 9.17) is 0 Å². The van der Waals surface area contributed by atoms with Crippen molar-refractivity contribution in [2.45, 2.75) is 31.7 Å². The van der Waals surface area contributed by atoms with Crippen LogP contribution in [-0.2, 0) is 4.79 Å². The van der Waals surface area contributed by atoms with Gasteiger partial charge in [-0.05, 0) is 25.8 Å². The molecule has 1 aliphatic heterocycles. The molecular weight excluding hydrogens is 164 g/mol. The summed E-state index contributed by atoms with van der Waals surface area (Å²) in [5.41, 5.74) is 0. The van der Waals surface area contributed by atoms with Crippen LogP contribution in [-0.4, -0.2) is 25.0 Å². The van der Waals surface area contributed by atoms with Gasteiger partial charge < -0.3 is 10.6 Å². The van der Waals surface area contributed by atoms with Crippen molar-refractivity contribution in [3.63, 3.8) is 0 Å². The van der Waals surface area contributed by atoms with Crippen molar-refractivity contribution in [3.8, 4) is 0 Å². The molecule has 1 aliphatic rings. The summed E-state index contributed by atoms with van der Waals surface area (Å²) in [5.74, 6) is 0.147. The zero-order valence-electron chi connectivity index (χ0n) is 8.01. The third kappa shape index (κ3) is 4.08. The van der Waals surface area contributed by atoms with Crippen LogP contribution in [0.15, 0.2) is 12.7 Å². The van der Waals surface area contributed by atoms with Gasteiger partial charge in [0.2, 0.25) is 5.91 Å². The van der Waals surface area contributed by atoms with Gasteiger partial charge in [0.15, 0.2) is 0 Å². The molecule has 0 aliphatic carbocycles. The zero-order chi connectivity index (χ0) is 9.52. The lowest BCUT2D eigenvalue weighted by Gasteiger charge is -2.23. The topological polar surface area (TPSA) is 41.1 Å². The summed E-state index contributed by atoms with van der Waals surface area (Å²) in [6.07, 6.45) is 5.38. The number of hydrogen-bond acceptors (Lipinski definition) is 2. The van der Waals surface area contributed by atoms with Crippen LogP contribution in [0.3, 0.4) is 0 Å². The molecule has 3 heteroatoms. The Kier molecular flexibility index (Phi) is 4.54. The van der Waals surface area contributed by atoms with Gasteiger partial charge in [-0.15, -0.1) is 6.58 Å². The summed E-state index contributed by atoms with van der Waals surface area (Å²) in [4.78, 5) is 11.3. The quantitative estimate of drug-likeness (QED) is 0.632. The van der Waals surface area contributed by atoms with Gasteiger partial charge in [-0.1, -0.05) is 6.08 Å². The van der Waals surface area contributed by atoms with Gasteiger partial charge in [-0.3, -0.25) is 4.79 Å². The molecule has 1 rings (SSSR count). The van der Waals surface area contributed by atoms with Crippen LogP contribution in [0, 0.1) is 0 Å². The molecule has 2 N–H and O–H groups in total. The number of hydrogen-bond donors (Lipinski definition) is 2. The van der Waals surface area contributed by atoms with Crippen molar-refractivity contribution < 1.29 is 4.79 Å². The Labute approximate surface area is 79.6 Å². The monoisotopic (exact) mass is 182 g/mol. The molecule has 0 unspecified atom stereocenters. The van der Waals surface area contributed by atoms with Crippen molar-refractivity contribution in [3.05, 3.63) is 12.7 Å². The minimum Gasteiger partial charge on any atom is -0.352 e. The maximum absolute atomic E-state index is 11.3. The normalized spacial score (nSPS) is 22.3. The van der Waals surface area contributed by atoms with Gasteiger partial charge in [0.25, 0.3) is 0 Å². The first-order valence-electron chi connectivity index (χ1n) is 4.94. The van der Waals surface area contributed by atoms with E-state index in [2.05, 4.69) is 17.2 Å². The highest BCUT2D eigenvalue weighted by Gasteiger charge is 2.14. The van der Waals surface area contributed by atoms with Gasteiger partial charge in [-0.25, -0.2) is 0 Å². The summed E-state index contributed by atoms with van der Waals surface area (Å²) in [5, 5.41) is 6.27. The molecule has 74 valence electrons. The molecule has 0 aromatic heterocycles. The van der Waals surface area contributed by atoms with Gasteiger partial charge in [0.05, 0.1) is 0 Å². The summed E-state index contributed by atoms with van der Waals surface area (Å²) in [6, 6.07) is 0.339. The van der Waals surface area contributed by atoms with E-state index >= 15 is 0 Å². The van der Waals surface area contributed by atoms with Crippen molar-refractivity contribution >= 4 is 5.91 Å². The lowest BCUT2D eigenvalue weighted by Crippen LogP contribution is -2.45. The first-order chi connectivity index (χ1) is 6.33. The number of rotatable bonds is 4. The first kappa shape index (κ1) is 10.3. The average molecular weight is 182 g/mol. The summed E-state index contributed by atoms with van der Waals surface area (Å²) < 4.78 is 0. The van der Waals surface area contributed by atoms with Crippen LogP contribution in [0.1, 0.15) is 25.7 Å². The molecule has 0 spiro atoms. The van der Waals surface area contributed by atoms with Crippen molar-refractivity contribution in [1.29, 1.82) is 0 Å². The molecule has 0 radical (unpaired) electrons. The van der Waals surface area contributed by atoms with Gasteiger partial charge in [0.1, 0.15) is 0 Å². The standard InChI is InChI=1S/C10H18N2O/c1-2-3-6-10(13)12-9-5-4-7-11-8-9/h2,9,11H,1,3-8H2,(H,12,13)/t9-/m1/s1. The molecule has 0 saturated carbocycles. The Bertz CT molecular complexity index is 174. The lowest BCUT2D eigenvalue weighted by atomic mass is 10.1. The van der Waals surface area contributed by atoms with E-state index in [1.165, 1.54) is 0 Å². The second-order valence-electron chi connectivity index (χ2n) is 3.44. The predicted molar refractivity (Wildman–Crippen MR) is 53.5 cm³/mol. The zero-order valence-corrected chi connectivity index (χ0v) is 8.01. The van der Waals surface area contributed by atoms with E-state index < -0.39 is 0 Å². The summed E-state index contributed by atoms with van der Waals surface area (Å²) in [7, 11) is 0. The molecular formula is C10H18N2O. The second-order valence-corrected chi connectivity index (χ2v) is 3.44. The fraction of sp³-hybridized carbons (Fsp3) is 0.700. The second kappa shape index (κ2) is 5.75. The van der Waals surface area contributed by atoms with E-state index in [9.17, 15) is 4.79 Å². The number of carbonyl (C=O) groups is 1. The maximum atomic E-state index is 11.3. The summed E-state index contributed by atoms with van der Waals surface area (Å²) in [6.45, 7) is 5.59. The molecule has 3 nitrogen and oxygen atoms in total. The van der Waals surface area contributed by atoms with Crippen molar-refractivity contribution in [2.75, 3.05) is 13.1 Å². The third-order valence-electron chi connectivity index (χ3n) is 2.24. The SMILES string of the molecule is C=CCCC(=O)N[C@@H]1CCCNC1. The fourth-order valence-corrected chi connectivity index (χ4v) is 1.51. The van der Waals surface area contributed by atoms with Gasteiger partial charge >= 0.3 is 0 Å². The van der Waals surface area contributed by atoms with Crippen LogP contribution in [0.2, 0.25) is 0 Å². The Morgan fingerprint density at radius 1 is 1.69 bits per heavy atom. The minimum absolute atomic E-state index is 0.147. The maximum Gasteiger partial charge on any atom is 0.220 e.